The molecular weight excluding hydrogens is 304 g/mol. The van der Waals surface area contributed by atoms with Crippen molar-refractivity contribution in [2.45, 2.75) is 6.29 Å². The van der Waals surface area contributed by atoms with E-state index in [1.807, 2.05) is 6.07 Å². The van der Waals surface area contributed by atoms with E-state index in [-0.39, 0.29) is 16.7 Å². The molecule has 3 rings (SSSR count). The second-order valence-corrected chi connectivity index (χ2v) is 4.52. The molecule has 5 nitrogen and oxygen atoms in total. The molecule has 106 valence electrons. The fraction of sp³-hybridized carbons (Fsp3) is 0.0769. The van der Waals surface area contributed by atoms with Gasteiger partial charge in [0.2, 0.25) is 0 Å². The molecule has 8 heteroatoms. The third-order valence-electron chi connectivity index (χ3n) is 2.60. The lowest BCUT2D eigenvalue weighted by Crippen LogP contribution is -2.25. The maximum atomic E-state index is 12.9. The Labute approximate surface area is 122 Å². The smallest absolute Gasteiger partial charge is 0.395 e. The average Bonchev–Trinajstić information content (AvgIpc) is 2.71. The van der Waals surface area contributed by atoms with Crippen LogP contribution >= 0.6 is 11.6 Å². The summed E-state index contributed by atoms with van der Waals surface area (Å²) < 4.78 is 34.5. The van der Waals surface area contributed by atoms with Gasteiger partial charge in [0.25, 0.3) is 0 Å². The average molecular weight is 310 g/mol. The number of hydrogen-bond donors (Lipinski definition) is 1. The molecule has 0 atom stereocenters. The molecule has 0 fully saturated rings. The van der Waals surface area contributed by atoms with Crippen molar-refractivity contribution in [3.63, 3.8) is 0 Å². The Morgan fingerprint density at radius 3 is 2.71 bits per heavy atom. The van der Waals surface area contributed by atoms with Crippen LogP contribution in [0.25, 0.3) is 0 Å². The first-order chi connectivity index (χ1) is 9.95. The molecule has 1 aromatic heterocycles. The van der Waals surface area contributed by atoms with Gasteiger partial charge in [0.1, 0.15) is 11.0 Å². The minimum absolute atomic E-state index is 0.0534. The molecule has 1 aromatic carbocycles. The highest BCUT2D eigenvalue weighted by atomic mass is 35.5. The van der Waals surface area contributed by atoms with Crippen molar-refractivity contribution in [3.05, 3.63) is 41.0 Å². The van der Waals surface area contributed by atoms with E-state index in [1.165, 1.54) is 30.3 Å². The molecule has 0 saturated carbocycles. The fourth-order valence-electron chi connectivity index (χ4n) is 1.80. The van der Waals surface area contributed by atoms with E-state index in [0.717, 1.165) is 0 Å². The molecule has 0 radical (unpaired) electrons. The van der Waals surface area contributed by atoms with Gasteiger partial charge in [-0.05, 0) is 24.3 Å². The van der Waals surface area contributed by atoms with Crippen LogP contribution in [0, 0.1) is 11.3 Å². The summed E-state index contributed by atoms with van der Waals surface area (Å²) in [4.78, 5) is 3.98. The van der Waals surface area contributed by atoms with Gasteiger partial charge in [-0.25, -0.2) is 4.98 Å². The molecule has 0 spiro atoms. The van der Waals surface area contributed by atoms with Crippen LogP contribution in [0.4, 0.5) is 20.3 Å². The van der Waals surface area contributed by atoms with Gasteiger partial charge in [-0.3, -0.25) is 0 Å². The monoisotopic (exact) mass is 309 g/mol. The van der Waals surface area contributed by atoms with Gasteiger partial charge in [0, 0.05) is 11.8 Å². The molecule has 1 N–H and O–H groups in total. The molecule has 0 saturated heterocycles. The van der Waals surface area contributed by atoms with Gasteiger partial charge in [0.05, 0.1) is 11.6 Å². The first-order valence-corrected chi connectivity index (χ1v) is 6.07. The zero-order valence-electron chi connectivity index (χ0n) is 10.2. The molecule has 0 bridgehead atoms. The summed E-state index contributed by atoms with van der Waals surface area (Å²) in [7, 11) is 0. The number of fused-ring (bicyclic) bond motifs is 1. The molecule has 0 aliphatic carbocycles. The van der Waals surface area contributed by atoms with Crippen LogP contribution < -0.4 is 14.8 Å². The number of ether oxygens (including phenoxy) is 2. The topological polar surface area (TPSA) is 67.2 Å². The maximum Gasteiger partial charge on any atom is 0.586 e. The van der Waals surface area contributed by atoms with E-state index < -0.39 is 6.29 Å². The second-order valence-electron chi connectivity index (χ2n) is 4.13. The van der Waals surface area contributed by atoms with Gasteiger partial charge in [-0.15, -0.1) is 8.78 Å². The highest BCUT2D eigenvalue weighted by Gasteiger charge is 2.43. The molecule has 1 aliphatic heterocycles. The summed E-state index contributed by atoms with van der Waals surface area (Å²) in [5.41, 5.74) is 0.762. The lowest BCUT2D eigenvalue weighted by Gasteiger charge is -2.07. The normalized spacial score (nSPS) is 14.6. The van der Waals surface area contributed by atoms with Crippen molar-refractivity contribution in [2.75, 3.05) is 5.32 Å². The van der Waals surface area contributed by atoms with E-state index in [0.29, 0.717) is 17.1 Å². The summed E-state index contributed by atoms with van der Waals surface area (Å²) >= 11 is 5.78. The Bertz CT molecular complexity index is 762. The second kappa shape index (κ2) is 4.75. The van der Waals surface area contributed by atoms with E-state index >= 15 is 0 Å². The molecular formula is C13H6ClF2N3O2. The van der Waals surface area contributed by atoms with Crippen molar-refractivity contribution >= 4 is 23.1 Å². The van der Waals surface area contributed by atoms with E-state index in [1.54, 1.807) is 0 Å². The quantitative estimate of drug-likeness (QED) is 0.857. The number of nitrogens with zero attached hydrogens (tertiary/aromatic N) is 2. The number of alkyl halides is 2. The molecule has 1 aliphatic rings. The summed E-state index contributed by atoms with van der Waals surface area (Å²) in [6.07, 6.45) is -3.66. The van der Waals surface area contributed by atoms with Crippen LogP contribution in [0.2, 0.25) is 5.15 Å². The molecule has 0 amide bonds. The van der Waals surface area contributed by atoms with Gasteiger partial charge >= 0.3 is 6.29 Å². The Morgan fingerprint density at radius 1 is 1.19 bits per heavy atom. The van der Waals surface area contributed by atoms with Gasteiger partial charge in [0.15, 0.2) is 11.5 Å². The Kier molecular flexibility index (Phi) is 3.03. The Hall–Kier alpha value is -2.59. The van der Waals surface area contributed by atoms with Crippen molar-refractivity contribution in [2.24, 2.45) is 0 Å². The predicted molar refractivity (Wildman–Crippen MR) is 69.9 cm³/mol. The van der Waals surface area contributed by atoms with Crippen LogP contribution in [0.1, 0.15) is 5.56 Å². The molecule has 2 aromatic rings. The van der Waals surface area contributed by atoms with E-state index in [9.17, 15) is 8.78 Å². The third kappa shape index (κ3) is 2.80. The fourth-order valence-corrected chi connectivity index (χ4v) is 2.01. The zero-order chi connectivity index (χ0) is 15.0. The minimum Gasteiger partial charge on any atom is -0.395 e. The number of pyridine rings is 1. The lowest BCUT2D eigenvalue weighted by atomic mass is 10.2. The predicted octanol–water partition coefficient (Wildman–Crippen LogP) is 3.67. The van der Waals surface area contributed by atoms with Crippen molar-refractivity contribution in [1.82, 2.24) is 4.98 Å². The van der Waals surface area contributed by atoms with Crippen LogP contribution in [0.3, 0.4) is 0 Å². The Morgan fingerprint density at radius 2 is 1.95 bits per heavy atom. The van der Waals surface area contributed by atoms with Crippen molar-refractivity contribution < 1.29 is 18.3 Å². The van der Waals surface area contributed by atoms with Crippen LogP contribution in [-0.2, 0) is 0 Å². The number of nitrogens with one attached hydrogen (secondary N) is 1. The molecule has 2 heterocycles. The Balaban J connectivity index is 1.87. The van der Waals surface area contributed by atoms with Gasteiger partial charge in [-0.1, -0.05) is 11.6 Å². The lowest BCUT2D eigenvalue weighted by molar-refractivity contribution is -0.286. The summed E-state index contributed by atoms with van der Waals surface area (Å²) in [5.74, 6) is 0.166. The van der Waals surface area contributed by atoms with Crippen molar-refractivity contribution in [3.8, 4) is 17.6 Å². The van der Waals surface area contributed by atoms with Crippen LogP contribution in [0.5, 0.6) is 11.5 Å². The number of nitriles is 1. The third-order valence-corrected chi connectivity index (χ3v) is 2.79. The number of benzene rings is 1. The zero-order valence-corrected chi connectivity index (χ0v) is 11.0. The number of aromatic nitrogens is 1. The van der Waals surface area contributed by atoms with Crippen molar-refractivity contribution in [1.29, 1.82) is 5.26 Å². The summed E-state index contributed by atoms with van der Waals surface area (Å²) in [6.45, 7) is 0. The standard InChI is InChI=1S/C13H6ClF2N3O2/c14-11-3-7(6-17)4-12(19-11)18-8-1-2-9-10(5-8)21-13(15,16)20-9/h1-5H,(H,18,19). The van der Waals surface area contributed by atoms with Crippen LogP contribution in [-0.4, -0.2) is 11.3 Å². The molecule has 0 unspecified atom stereocenters. The van der Waals surface area contributed by atoms with E-state index in [4.69, 9.17) is 16.9 Å². The highest BCUT2D eigenvalue weighted by molar-refractivity contribution is 6.29. The van der Waals surface area contributed by atoms with Gasteiger partial charge in [-0.2, -0.15) is 5.26 Å². The number of rotatable bonds is 2. The molecule has 21 heavy (non-hydrogen) atoms. The first kappa shape index (κ1) is 13.4. The number of anilines is 2. The van der Waals surface area contributed by atoms with E-state index in [2.05, 4.69) is 19.8 Å². The van der Waals surface area contributed by atoms with Crippen LogP contribution in [0.15, 0.2) is 30.3 Å². The number of halogens is 3. The largest absolute Gasteiger partial charge is 0.586 e. The number of hydrogen-bond acceptors (Lipinski definition) is 5. The minimum atomic E-state index is -3.66. The maximum absolute atomic E-state index is 12.9. The van der Waals surface area contributed by atoms with Gasteiger partial charge < -0.3 is 14.8 Å². The highest BCUT2D eigenvalue weighted by Crippen LogP contribution is 2.42. The summed E-state index contributed by atoms with van der Waals surface area (Å²) in [6, 6.07) is 9.02. The SMILES string of the molecule is N#Cc1cc(Cl)nc(Nc2ccc3c(c2)OC(F)(F)O3)c1. The first-order valence-electron chi connectivity index (χ1n) is 5.70. The summed E-state index contributed by atoms with van der Waals surface area (Å²) in [5, 5.41) is 11.8.